The maximum atomic E-state index is 13.0. The lowest BCUT2D eigenvalue weighted by atomic mass is 10.0. The van der Waals surface area contributed by atoms with Crippen molar-refractivity contribution in [2.24, 2.45) is 4.99 Å². The lowest BCUT2D eigenvalue weighted by Crippen LogP contribution is -2.01. The molecular weight excluding hydrogens is 378 g/mol. The highest BCUT2D eigenvalue weighted by molar-refractivity contribution is 6.13. The second-order valence-electron chi connectivity index (χ2n) is 6.72. The molecule has 0 atom stereocenters. The van der Waals surface area contributed by atoms with Crippen LogP contribution >= 0.6 is 0 Å². The van der Waals surface area contributed by atoms with Gasteiger partial charge in [-0.2, -0.15) is 8.78 Å². The van der Waals surface area contributed by atoms with Gasteiger partial charge in [-0.25, -0.2) is 9.67 Å². The molecule has 0 fully saturated rings. The summed E-state index contributed by atoms with van der Waals surface area (Å²) in [7, 11) is 0. The molecule has 29 heavy (non-hydrogen) atoms. The number of aromatic hydroxyl groups is 1. The zero-order chi connectivity index (χ0) is 20.7. The van der Waals surface area contributed by atoms with Gasteiger partial charge in [0, 0.05) is 35.1 Å². The first-order valence-electron chi connectivity index (χ1n) is 8.86. The Balaban J connectivity index is 1.82. The molecule has 0 amide bonds. The Morgan fingerprint density at radius 3 is 2.72 bits per heavy atom. The summed E-state index contributed by atoms with van der Waals surface area (Å²) < 4.78 is 26.5. The molecule has 0 saturated heterocycles. The molecule has 0 aliphatic heterocycles. The van der Waals surface area contributed by atoms with E-state index in [1.165, 1.54) is 13.0 Å². The van der Waals surface area contributed by atoms with Crippen molar-refractivity contribution < 1.29 is 13.9 Å². The van der Waals surface area contributed by atoms with Gasteiger partial charge >= 0.3 is 6.55 Å². The van der Waals surface area contributed by atoms with Crippen LogP contribution in [0.15, 0.2) is 41.8 Å². The predicted molar refractivity (Wildman–Crippen MR) is 106 cm³/mol. The van der Waals surface area contributed by atoms with Crippen LogP contribution in [0.1, 0.15) is 30.3 Å². The zero-order valence-corrected chi connectivity index (χ0v) is 16.0. The van der Waals surface area contributed by atoms with Crippen molar-refractivity contribution in [1.29, 1.82) is 0 Å². The molecule has 0 aliphatic rings. The third kappa shape index (κ3) is 3.35. The SMILES string of the molecule is CC(=Nc1cc(C)n(C(F)F)n1)c1c(O)[nH]c2cnc(-c3cnccc3C)cc12. The van der Waals surface area contributed by atoms with Crippen molar-refractivity contribution >= 4 is 22.4 Å². The molecule has 9 heteroatoms. The third-order valence-corrected chi connectivity index (χ3v) is 4.72. The first kappa shape index (κ1) is 18.7. The minimum absolute atomic E-state index is 0.0758. The smallest absolute Gasteiger partial charge is 0.333 e. The minimum atomic E-state index is -2.74. The van der Waals surface area contributed by atoms with Gasteiger partial charge in [-0.15, -0.1) is 5.10 Å². The number of halogens is 2. The summed E-state index contributed by atoms with van der Waals surface area (Å²) in [5, 5.41) is 14.9. The van der Waals surface area contributed by atoms with Crippen LogP contribution in [0.4, 0.5) is 14.6 Å². The molecule has 4 heterocycles. The van der Waals surface area contributed by atoms with Crippen LogP contribution in [-0.2, 0) is 0 Å². The van der Waals surface area contributed by atoms with E-state index in [2.05, 4.69) is 25.0 Å². The Morgan fingerprint density at radius 2 is 2.03 bits per heavy atom. The maximum absolute atomic E-state index is 13.0. The highest BCUT2D eigenvalue weighted by Crippen LogP contribution is 2.32. The van der Waals surface area contributed by atoms with Crippen LogP contribution < -0.4 is 0 Å². The highest BCUT2D eigenvalue weighted by atomic mass is 19.3. The van der Waals surface area contributed by atoms with Crippen molar-refractivity contribution in [1.82, 2.24) is 24.7 Å². The lowest BCUT2D eigenvalue weighted by Gasteiger charge is -2.05. The van der Waals surface area contributed by atoms with Gasteiger partial charge < -0.3 is 10.1 Å². The third-order valence-electron chi connectivity index (χ3n) is 4.72. The van der Waals surface area contributed by atoms with E-state index in [1.54, 1.807) is 25.5 Å². The molecule has 0 aliphatic carbocycles. The van der Waals surface area contributed by atoms with Gasteiger partial charge in [0.05, 0.1) is 28.7 Å². The largest absolute Gasteiger partial charge is 0.494 e. The quantitative estimate of drug-likeness (QED) is 0.490. The average molecular weight is 396 g/mol. The summed E-state index contributed by atoms with van der Waals surface area (Å²) >= 11 is 0. The summed E-state index contributed by atoms with van der Waals surface area (Å²) in [5.74, 6) is 0.0690. The molecule has 4 aromatic rings. The van der Waals surface area contributed by atoms with Gasteiger partial charge in [0.2, 0.25) is 0 Å². The number of rotatable bonds is 4. The Hall–Kier alpha value is -3.62. The van der Waals surface area contributed by atoms with Crippen LogP contribution in [0.3, 0.4) is 0 Å². The number of aromatic amines is 1. The van der Waals surface area contributed by atoms with Crippen LogP contribution in [0.2, 0.25) is 0 Å². The van der Waals surface area contributed by atoms with Crippen LogP contribution in [0, 0.1) is 13.8 Å². The fraction of sp³-hybridized carbons (Fsp3) is 0.200. The van der Waals surface area contributed by atoms with E-state index in [0.717, 1.165) is 11.1 Å². The average Bonchev–Trinajstić information content (AvgIpc) is 3.20. The summed E-state index contributed by atoms with van der Waals surface area (Å²) in [6.45, 7) is 2.45. The Bertz CT molecular complexity index is 1240. The van der Waals surface area contributed by atoms with Crippen molar-refractivity contribution in [2.45, 2.75) is 27.3 Å². The standard InChI is InChI=1S/C20H18F2N6O/c1-10-4-5-23-8-14(10)15-7-13-16(9-24-15)26-19(29)18(13)12(3)25-17-6-11(2)28(27-17)20(21)22/h4-9,20,26,29H,1-3H3. The monoisotopic (exact) mass is 396 g/mol. The van der Waals surface area contributed by atoms with E-state index in [1.807, 2.05) is 19.1 Å². The molecular formula is C20H18F2N6O. The fourth-order valence-corrected chi connectivity index (χ4v) is 3.28. The van der Waals surface area contributed by atoms with Crippen LogP contribution in [0.25, 0.3) is 22.2 Å². The Morgan fingerprint density at radius 1 is 1.24 bits per heavy atom. The number of nitrogens with one attached hydrogen (secondary N) is 1. The summed E-state index contributed by atoms with van der Waals surface area (Å²) in [5.41, 5.74) is 4.43. The number of hydrogen-bond donors (Lipinski definition) is 2. The number of aliphatic imine (C=N–C) groups is 1. The molecule has 0 radical (unpaired) electrons. The molecule has 7 nitrogen and oxygen atoms in total. The first-order valence-corrected chi connectivity index (χ1v) is 8.86. The van der Waals surface area contributed by atoms with Crippen molar-refractivity contribution in [2.75, 3.05) is 0 Å². The van der Waals surface area contributed by atoms with E-state index >= 15 is 0 Å². The molecule has 2 N–H and O–H groups in total. The summed E-state index contributed by atoms with van der Waals surface area (Å²) in [4.78, 5) is 15.8. The van der Waals surface area contributed by atoms with Crippen molar-refractivity contribution in [3.8, 4) is 17.1 Å². The molecule has 0 unspecified atom stereocenters. The molecule has 4 aromatic heterocycles. The van der Waals surface area contributed by atoms with Gasteiger partial charge in [-0.3, -0.25) is 9.97 Å². The number of nitrogens with zero attached hydrogens (tertiary/aromatic N) is 5. The predicted octanol–water partition coefficient (Wildman–Crippen LogP) is 4.68. The molecule has 0 aromatic carbocycles. The number of hydrogen-bond acceptors (Lipinski definition) is 5. The molecule has 0 bridgehead atoms. The summed E-state index contributed by atoms with van der Waals surface area (Å²) in [6.07, 6.45) is 5.07. The number of pyridine rings is 2. The van der Waals surface area contributed by atoms with Gasteiger partial charge in [0.25, 0.3) is 0 Å². The van der Waals surface area contributed by atoms with Crippen LogP contribution in [-0.4, -0.2) is 35.6 Å². The topological polar surface area (TPSA) is 92.0 Å². The lowest BCUT2D eigenvalue weighted by molar-refractivity contribution is 0.0546. The number of alkyl halides is 2. The number of fused-ring (bicyclic) bond motifs is 1. The van der Waals surface area contributed by atoms with Gasteiger partial charge in [0.1, 0.15) is 0 Å². The zero-order valence-electron chi connectivity index (χ0n) is 16.0. The number of aryl methyl sites for hydroxylation is 2. The Labute approximate surface area is 164 Å². The van der Waals surface area contributed by atoms with Crippen molar-refractivity contribution in [3.63, 3.8) is 0 Å². The normalized spacial score (nSPS) is 12.3. The number of H-pyrrole nitrogens is 1. The molecule has 0 spiro atoms. The van der Waals surface area contributed by atoms with E-state index in [0.29, 0.717) is 38.2 Å². The van der Waals surface area contributed by atoms with E-state index in [9.17, 15) is 13.9 Å². The van der Waals surface area contributed by atoms with Crippen LogP contribution in [0.5, 0.6) is 5.88 Å². The molecule has 0 saturated carbocycles. The number of aromatic nitrogens is 5. The minimum Gasteiger partial charge on any atom is -0.494 e. The highest BCUT2D eigenvalue weighted by Gasteiger charge is 2.17. The van der Waals surface area contributed by atoms with Gasteiger partial charge in [0.15, 0.2) is 11.7 Å². The Kier molecular flexibility index (Phi) is 4.57. The van der Waals surface area contributed by atoms with Gasteiger partial charge in [-0.1, -0.05) is 0 Å². The second kappa shape index (κ2) is 7.08. The van der Waals surface area contributed by atoms with E-state index < -0.39 is 6.55 Å². The first-order chi connectivity index (χ1) is 13.8. The fourth-order valence-electron chi connectivity index (χ4n) is 3.28. The van der Waals surface area contributed by atoms with E-state index in [4.69, 9.17) is 0 Å². The van der Waals surface area contributed by atoms with Crippen molar-refractivity contribution in [3.05, 3.63) is 53.6 Å². The molecule has 148 valence electrons. The second-order valence-corrected chi connectivity index (χ2v) is 6.72. The summed E-state index contributed by atoms with van der Waals surface area (Å²) in [6, 6.07) is 5.20. The van der Waals surface area contributed by atoms with E-state index in [-0.39, 0.29) is 11.7 Å². The maximum Gasteiger partial charge on any atom is 0.333 e. The molecule has 4 rings (SSSR count). The van der Waals surface area contributed by atoms with Gasteiger partial charge in [-0.05, 0) is 38.5 Å².